The van der Waals surface area contributed by atoms with E-state index in [9.17, 15) is 0 Å². The predicted molar refractivity (Wildman–Crippen MR) is 117 cm³/mol. The van der Waals surface area contributed by atoms with Crippen LogP contribution in [0, 0.1) is 18.3 Å². The van der Waals surface area contributed by atoms with Crippen molar-refractivity contribution in [3.8, 4) is 17.3 Å². The maximum absolute atomic E-state index is 8.82. The van der Waals surface area contributed by atoms with Gasteiger partial charge in [0.05, 0.1) is 28.5 Å². The molecule has 2 aromatic carbocycles. The molecule has 0 amide bonds. The van der Waals surface area contributed by atoms with Crippen molar-refractivity contribution in [3.63, 3.8) is 0 Å². The number of fused-ring (bicyclic) bond motifs is 1. The minimum absolute atomic E-state index is 0.194. The van der Waals surface area contributed by atoms with Gasteiger partial charge in [-0.2, -0.15) is 5.26 Å². The largest absolute Gasteiger partial charge is 0.371 e. The lowest BCUT2D eigenvalue weighted by Crippen LogP contribution is -2.18. The quantitative estimate of drug-likeness (QED) is 0.548. The first-order valence-electron chi connectivity index (χ1n) is 9.75. The molecule has 146 valence electrons. The number of rotatable bonds is 5. The third kappa shape index (κ3) is 4.33. The second-order valence-electron chi connectivity index (χ2n) is 7.18. The van der Waals surface area contributed by atoms with Gasteiger partial charge in [-0.1, -0.05) is 41.9 Å². The van der Waals surface area contributed by atoms with Gasteiger partial charge in [-0.3, -0.25) is 0 Å². The van der Waals surface area contributed by atoms with E-state index >= 15 is 0 Å². The van der Waals surface area contributed by atoms with Crippen LogP contribution in [0.3, 0.4) is 0 Å². The van der Waals surface area contributed by atoms with Gasteiger partial charge in [0.25, 0.3) is 0 Å². The summed E-state index contributed by atoms with van der Waals surface area (Å²) in [5.74, 6) is 1.52. The average molecular weight is 404 g/mol. The molecule has 6 heteroatoms. The molecule has 1 heterocycles. The Balaban J connectivity index is 1.63. The van der Waals surface area contributed by atoms with Gasteiger partial charge in [0.15, 0.2) is 0 Å². The second kappa shape index (κ2) is 8.50. The first-order valence-corrected chi connectivity index (χ1v) is 10.1. The molecule has 0 fully saturated rings. The van der Waals surface area contributed by atoms with E-state index in [0.717, 1.165) is 42.0 Å². The summed E-state index contributed by atoms with van der Waals surface area (Å²) >= 11 is 6.24. The third-order valence-electron chi connectivity index (χ3n) is 5.15. The van der Waals surface area contributed by atoms with Crippen molar-refractivity contribution < 1.29 is 0 Å². The Hall–Kier alpha value is -3.10. The number of nitriles is 1. The monoisotopic (exact) mass is 403 g/mol. The molecule has 0 radical (unpaired) electrons. The molecule has 0 saturated heterocycles. The molecule has 1 atom stereocenters. The molecular weight excluding hydrogens is 382 g/mol. The van der Waals surface area contributed by atoms with Gasteiger partial charge in [0, 0.05) is 11.6 Å². The van der Waals surface area contributed by atoms with E-state index in [2.05, 4.69) is 50.9 Å². The van der Waals surface area contributed by atoms with E-state index in [1.54, 1.807) is 0 Å². The van der Waals surface area contributed by atoms with Gasteiger partial charge in [0.1, 0.15) is 18.2 Å². The van der Waals surface area contributed by atoms with Crippen molar-refractivity contribution in [2.24, 2.45) is 0 Å². The third-order valence-corrected chi connectivity index (χ3v) is 5.48. The Morgan fingerprint density at radius 1 is 1.17 bits per heavy atom. The molecule has 3 aromatic rings. The Bertz CT molecular complexity index is 1070. The molecule has 29 heavy (non-hydrogen) atoms. The van der Waals surface area contributed by atoms with Gasteiger partial charge < -0.3 is 10.6 Å². The van der Waals surface area contributed by atoms with Crippen LogP contribution in [-0.2, 0) is 6.42 Å². The Morgan fingerprint density at radius 3 is 2.90 bits per heavy atom. The number of aromatic nitrogens is 2. The van der Waals surface area contributed by atoms with E-state index in [1.165, 1.54) is 11.1 Å². The van der Waals surface area contributed by atoms with Crippen molar-refractivity contribution in [3.05, 3.63) is 70.5 Å². The summed E-state index contributed by atoms with van der Waals surface area (Å²) in [6.07, 6.45) is 3.38. The lowest BCUT2D eigenvalue weighted by molar-refractivity contribution is 0.598. The van der Waals surface area contributed by atoms with Gasteiger partial charge in [-0.25, -0.2) is 9.97 Å². The normalized spacial score (nSPS) is 15.3. The average Bonchev–Trinajstić information content (AvgIpc) is 2.73. The lowest BCUT2D eigenvalue weighted by atomic mass is 9.88. The fourth-order valence-corrected chi connectivity index (χ4v) is 4.01. The Morgan fingerprint density at radius 2 is 2.03 bits per heavy atom. The number of hydrogen-bond acceptors (Lipinski definition) is 5. The molecule has 0 unspecified atom stereocenters. The molecule has 0 spiro atoms. The van der Waals surface area contributed by atoms with E-state index < -0.39 is 0 Å². The van der Waals surface area contributed by atoms with E-state index in [-0.39, 0.29) is 12.6 Å². The van der Waals surface area contributed by atoms with Crippen molar-refractivity contribution >= 4 is 23.1 Å². The highest BCUT2D eigenvalue weighted by molar-refractivity contribution is 6.33. The van der Waals surface area contributed by atoms with Crippen molar-refractivity contribution in [1.82, 2.24) is 9.97 Å². The molecule has 0 aliphatic heterocycles. The molecule has 2 N–H and O–H groups in total. The summed E-state index contributed by atoms with van der Waals surface area (Å²) in [4.78, 5) is 9.21. The van der Waals surface area contributed by atoms with Gasteiger partial charge in [0.2, 0.25) is 0 Å². The summed E-state index contributed by atoms with van der Waals surface area (Å²) in [6.45, 7) is 2.09. The van der Waals surface area contributed by atoms with Crippen LogP contribution in [0.5, 0.6) is 0 Å². The summed E-state index contributed by atoms with van der Waals surface area (Å²) in [6, 6.07) is 18.6. The van der Waals surface area contributed by atoms with Crippen molar-refractivity contribution in [1.29, 1.82) is 5.26 Å². The van der Waals surface area contributed by atoms with E-state index in [0.29, 0.717) is 10.8 Å². The van der Waals surface area contributed by atoms with Crippen LogP contribution in [0.2, 0.25) is 5.02 Å². The van der Waals surface area contributed by atoms with Crippen LogP contribution < -0.4 is 10.6 Å². The molecule has 0 bridgehead atoms. The number of nitrogens with one attached hydrogen (secondary N) is 2. The molecular formula is C23H22ClN5. The zero-order valence-electron chi connectivity index (χ0n) is 16.2. The number of anilines is 2. The lowest BCUT2D eigenvalue weighted by Gasteiger charge is -2.27. The topological polar surface area (TPSA) is 73.6 Å². The minimum atomic E-state index is 0.194. The first-order chi connectivity index (χ1) is 14.1. The highest BCUT2D eigenvalue weighted by atomic mass is 35.5. The number of halogens is 1. The summed E-state index contributed by atoms with van der Waals surface area (Å²) in [5, 5.41) is 16.0. The van der Waals surface area contributed by atoms with Crippen LogP contribution in [0.15, 0.2) is 48.5 Å². The molecule has 1 aromatic heterocycles. The number of benzene rings is 2. The maximum Gasteiger partial charge on any atom is 0.130 e. The standard InChI is InChI=1S/C23H22ClN5/c1-15-27-21(17-9-10-19(24)22(13-17)26-12-11-25)14-23(28-15)29-20-8-4-6-16-5-2-3-7-18(16)20/h2-3,5,7,9-10,13-14,20,26H,4,6,8,12H2,1H3,(H,27,28,29)/t20-/m1/s1. The highest BCUT2D eigenvalue weighted by Gasteiger charge is 2.20. The predicted octanol–water partition coefficient (Wildman–Crippen LogP) is 5.53. The van der Waals surface area contributed by atoms with Gasteiger partial charge in [-0.15, -0.1) is 0 Å². The zero-order chi connectivity index (χ0) is 20.2. The van der Waals surface area contributed by atoms with Crippen LogP contribution >= 0.6 is 11.6 Å². The second-order valence-corrected chi connectivity index (χ2v) is 7.59. The van der Waals surface area contributed by atoms with Crippen molar-refractivity contribution in [2.75, 3.05) is 17.2 Å². The molecule has 1 aliphatic carbocycles. The van der Waals surface area contributed by atoms with Crippen LogP contribution in [-0.4, -0.2) is 16.5 Å². The first kappa shape index (κ1) is 19.2. The smallest absolute Gasteiger partial charge is 0.130 e. The molecule has 4 rings (SSSR count). The molecule has 5 nitrogen and oxygen atoms in total. The maximum atomic E-state index is 8.82. The zero-order valence-corrected chi connectivity index (χ0v) is 17.0. The summed E-state index contributed by atoms with van der Waals surface area (Å²) in [5.41, 5.74) is 5.23. The summed E-state index contributed by atoms with van der Waals surface area (Å²) < 4.78 is 0. The molecule has 0 saturated carbocycles. The Labute approximate surface area is 175 Å². The fourth-order valence-electron chi connectivity index (χ4n) is 3.83. The minimum Gasteiger partial charge on any atom is -0.371 e. The van der Waals surface area contributed by atoms with Crippen LogP contribution in [0.4, 0.5) is 11.5 Å². The number of hydrogen-bond donors (Lipinski definition) is 2. The van der Waals surface area contributed by atoms with Crippen molar-refractivity contribution in [2.45, 2.75) is 32.2 Å². The van der Waals surface area contributed by atoms with E-state index in [1.807, 2.05) is 31.2 Å². The molecule has 1 aliphatic rings. The Kier molecular flexibility index (Phi) is 5.64. The summed E-state index contributed by atoms with van der Waals surface area (Å²) in [7, 11) is 0. The number of aryl methyl sites for hydroxylation is 2. The highest BCUT2D eigenvalue weighted by Crippen LogP contribution is 2.33. The fraction of sp³-hybridized carbons (Fsp3) is 0.261. The van der Waals surface area contributed by atoms with Crippen LogP contribution in [0.25, 0.3) is 11.3 Å². The van der Waals surface area contributed by atoms with Crippen LogP contribution in [0.1, 0.15) is 35.8 Å². The number of nitrogens with zero attached hydrogens (tertiary/aromatic N) is 3. The SMILES string of the molecule is Cc1nc(N[C@@H]2CCCc3ccccc32)cc(-c2ccc(Cl)c(NCC#N)c2)n1. The van der Waals surface area contributed by atoms with Gasteiger partial charge in [-0.05, 0) is 49.4 Å². The van der Waals surface area contributed by atoms with E-state index in [4.69, 9.17) is 16.9 Å². The van der Waals surface area contributed by atoms with Gasteiger partial charge >= 0.3 is 0 Å².